The van der Waals surface area contributed by atoms with Crippen molar-refractivity contribution in [3.63, 3.8) is 0 Å². The lowest BCUT2D eigenvalue weighted by molar-refractivity contribution is 0.107. The van der Waals surface area contributed by atoms with Gasteiger partial charge >= 0.3 is 0 Å². The number of aryl methyl sites for hydroxylation is 1. The van der Waals surface area contributed by atoms with Gasteiger partial charge in [0, 0.05) is 5.56 Å². The van der Waals surface area contributed by atoms with Crippen LogP contribution in [-0.2, 0) is 0 Å². The molecular weight excluding hydrogens is 224 g/mol. The van der Waals surface area contributed by atoms with Crippen molar-refractivity contribution in [3.8, 4) is 0 Å². The van der Waals surface area contributed by atoms with Gasteiger partial charge in [0.25, 0.3) is 0 Å². The summed E-state index contributed by atoms with van der Waals surface area (Å²) < 4.78 is 0. The predicted octanol–water partition coefficient (Wildman–Crippen LogP) is 3.28. The summed E-state index contributed by atoms with van der Waals surface area (Å²) in [6.07, 6.45) is 1.29. The number of benzene rings is 2. The van der Waals surface area contributed by atoms with Crippen LogP contribution < -0.4 is 5.43 Å². The van der Waals surface area contributed by atoms with Crippen LogP contribution in [0.25, 0.3) is 0 Å². The standard InChI is InChI=1S/C15H14N2O/c1-12-7-9-14(10-8-12)17-16-11-15(18)13-5-3-2-4-6-13/h2-11,17H,1H3/b16-11+. The molecule has 0 aliphatic rings. The van der Waals surface area contributed by atoms with E-state index in [-0.39, 0.29) is 5.78 Å². The average molecular weight is 238 g/mol. The van der Waals surface area contributed by atoms with Gasteiger partial charge in [0.2, 0.25) is 5.78 Å². The monoisotopic (exact) mass is 238 g/mol. The van der Waals surface area contributed by atoms with Gasteiger partial charge in [-0.1, -0.05) is 48.0 Å². The van der Waals surface area contributed by atoms with Crippen LogP contribution in [0.2, 0.25) is 0 Å². The summed E-state index contributed by atoms with van der Waals surface area (Å²) in [4.78, 5) is 11.7. The second-order valence-corrected chi connectivity index (χ2v) is 3.97. The lowest BCUT2D eigenvalue weighted by Crippen LogP contribution is -2.01. The Morgan fingerprint density at radius 3 is 2.39 bits per heavy atom. The maximum Gasteiger partial charge on any atom is 0.205 e. The second kappa shape index (κ2) is 5.77. The van der Waals surface area contributed by atoms with Crippen LogP contribution in [0.4, 0.5) is 5.69 Å². The molecule has 18 heavy (non-hydrogen) atoms. The Kier molecular flexibility index (Phi) is 3.86. The lowest BCUT2D eigenvalue weighted by Gasteiger charge is -1.99. The summed E-state index contributed by atoms with van der Waals surface area (Å²) in [6.45, 7) is 2.02. The van der Waals surface area contributed by atoms with Crippen molar-refractivity contribution in [2.75, 3.05) is 5.43 Å². The van der Waals surface area contributed by atoms with Crippen molar-refractivity contribution in [2.24, 2.45) is 5.10 Å². The molecular formula is C15H14N2O. The topological polar surface area (TPSA) is 41.5 Å². The number of hydrogen-bond acceptors (Lipinski definition) is 3. The number of anilines is 1. The molecule has 0 fully saturated rings. The minimum Gasteiger partial charge on any atom is -0.287 e. The van der Waals surface area contributed by atoms with Crippen LogP contribution in [0.15, 0.2) is 59.7 Å². The fraction of sp³-hybridized carbons (Fsp3) is 0.0667. The number of rotatable bonds is 4. The summed E-state index contributed by atoms with van der Waals surface area (Å²) >= 11 is 0. The molecule has 2 aromatic carbocycles. The lowest BCUT2D eigenvalue weighted by atomic mass is 10.1. The summed E-state index contributed by atoms with van der Waals surface area (Å²) in [5.41, 5.74) is 5.50. The first kappa shape index (κ1) is 12.0. The zero-order valence-electron chi connectivity index (χ0n) is 10.1. The second-order valence-electron chi connectivity index (χ2n) is 3.97. The minimum absolute atomic E-state index is 0.116. The maximum absolute atomic E-state index is 11.7. The van der Waals surface area contributed by atoms with E-state index >= 15 is 0 Å². The molecule has 0 saturated heterocycles. The highest BCUT2D eigenvalue weighted by Crippen LogP contribution is 2.08. The third-order valence-electron chi connectivity index (χ3n) is 2.49. The summed E-state index contributed by atoms with van der Waals surface area (Å²) in [7, 11) is 0. The smallest absolute Gasteiger partial charge is 0.205 e. The van der Waals surface area contributed by atoms with Crippen LogP contribution in [0.3, 0.4) is 0 Å². The number of Topliss-reactive ketones (excluding diaryl/α,β-unsaturated/α-hetero) is 1. The highest BCUT2D eigenvalue weighted by Gasteiger charge is 1.99. The molecule has 0 spiro atoms. The molecule has 2 rings (SSSR count). The molecule has 0 radical (unpaired) electrons. The molecule has 0 amide bonds. The molecule has 0 aromatic heterocycles. The van der Waals surface area contributed by atoms with Gasteiger partial charge in [-0.3, -0.25) is 10.2 Å². The van der Waals surface area contributed by atoms with Crippen molar-refractivity contribution in [1.29, 1.82) is 0 Å². The number of nitrogens with zero attached hydrogens (tertiary/aromatic N) is 1. The average Bonchev–Trinajstić information content (AvgIpc) is 2.42. The van der Waals surface area contributed by atoms with E-state index in [1.54, 1.807) is 12.1 Å². The summed E-state index contributed by atoms with van der Waals surface area (Å²) in [5, 5.41) is 3.92. The van der Waals surface area contributed by atoms with E-state index in [1.165, 1.54) is 11.8 Å². The van der Waals surface area contributed by atoms with E-state index < -0.39 is 0 Å². The van der Waals surface area contributed by atoms with E-state index in [4.69, 9.17) is 0 Å². The molecule has 0 aliphatic carbocycles. The molecule has 0 saturated carbocycles. The number of ketones is 1. The van der Waals surface area contributed by atoms with Crippen molar-refractivity contribution in [2.45, 2.75) is 6.92 Å². The van der Waals surface area contributed by atoms with E-state index in [1.807, 2.05) is 49.4 Å². The van der Waals surface area contributed by atoms with Crippen molar-refractivity contribution >= 4 is 17.7 Å². The fourth-order valence-corrected chi connectivity index (χ4v) is 1.47. The maximum atomic E-state index is 11.7. The molecule has 3 nitrogen and oxygen atoms in total. The molecule has 0 aliphatic heterocycles. The van der Waals surface area contributed by atoms with Gasteiger partial charge in [-0.2, -0.15) is 5.10 Å². The van der Waals surface area contributed by atoms with Gasteiger partial charge in [-0.25, -0.2) is 0 Å². The fourth-order valence-electron chi connectivity index (χ4n) is 1.47. The first-order chi connectivity index (χ1) is 8.75. The summed E-state index contributed by atoms with van der Waals surface area (Å²) in [6, 6.07) is 16.9. The first-order valence-electron chi connectivity index (χ1n) is 5.71. The molecule has 0 bridgehead atoms. The van der Waals surface area contributed by atoms with Gasteiger partial charge in [-0.15, -0.1) is 0 Å². The minimum atomic E-state index is -0.116. The summed E-state index contributed by atoms with van der Waals surface area (Å²) in [5.74, 6) is -0.116. The van der Waals surface area contributed by atoms with E-state index in [2.05, 4.69) is 10.5 Å². The van der Waals surface area contributed by atoms with Crippen LogP contribution in [0.5, 0.6) is 0 Å². The Balaban J connectivity index is 1.96. The number of carbonyl (C=O) groups is 1. The van der Waals surface area contributed by atoms with Crippen LogP contribution >= 0.6 is 0 Å². The van der Waals surface area contributed by atoms with Crippen molar-refractivity contribution < 1.29 is 4.79 Å². The Labute approximate surface area is 106 Å². The molecule has 2 aromatic rings. The Bertz CT molecular complexity index is 544. The molecule has 90 valence electrons. The van der Waals surface area contributed by atoms with Gasteiger partial charge in [0.1, 0.15) is 0 Å². The highest BCUT2D eigenvalue weighted by atomic mass is 16.1. The van der Waals surface area contributed by atoms with E-state index in [0.717, 1.165) is 5.69 Å². The third-order valence-corrected chi connectivity index (χ3v) is 2.49. The van der Waals surface area contributed by atoms with Crippen LogP contribution in [0, 0.1) is 6.92 Å². The number of hydrazone groups is 1. The predicted molar refractivity (Wildman–Crippen MR) is 74.1 cm³/mol. The van der Waals surface area contributed by atoms with Crippen LogP contribution in [0.1, 0.15) is 15.9 Å². The van der Waals surface area contributed by atoms with Gasteiger partial charge in [0.05, 0.1) is 11.9 Å². The Morgan fingerprint density at radius 2 is 1.72 bits per heavy atom. The van der Waals surface area contributed by atoms with Crippen LogP contribution in [-0.4, -0.2) is 12.0 Å². The largest absolute Gasteiger partial charge is 0.287 e. The van der Waals surface area contributed by atoms with E-state index in [0.29, 0.717) is 5.56 Å². The van der Waals surface area contributed by atoms with Crippen molar-refractivity contribution in [3.05, 3.63) is 65.7 Å². The van der Waals surface area contributed by atoms with Crippen molar-refractivity contribution in [1.82, 2.24) is 0 Å². The highest BCUT2D eigenvalue weighted by molar-refractivity contribution is 6.35. The zero-order valence-corrected chi connectivity index (χ0v) is 10.1. The Morgan fingerprint density at radius 1 is 1.06 bits per heavy atom. The first-order valence-corrected chi connectivity index (χ1v) is 5.71. The molecule has 0 atom stereocenters. The molecule has 1 N–H and O–H groups in total. The zero-order chi connectivity index (χ0) is 12.8. The molecule has 0 heterocycles. The van der Waals surface area contributed by atoms with Gasteiger partial charge < -0.3 is 0 Å². The third kappa shape index (κ3) is 3.28. The van der Waals surface area contributed by atoms with Gasteiger partial charge in [0.15, 0.2) is 0 Å². The normalized spacial score (nSPS) is 10.5. The molecule has 3 heteroatoms. The van der Waals surface area contributed by atoms with Gasteiger partial charge in [-0.05, 0) is 19.1 Å². The number of carbonyl (C=O) groups excluding carboxylic acids is 1. The SMILES string of the molecule is Cc1ccc(N/N=C/C(=O)c2ccccc2)cc1. The number of hydrogen-bond donors (Lipinski definition) is 1. The Hall–Kier alpha value is -2.42. The number of nitrogens with one attached hydrogen (secondary N) is 1. The van der Waals surface area contributed by atoms with E-state index in [9.17, 15) is 4.79 Å². The molecule has 0 unspecified atom stereocenters. The quantitative estimate of drug-likeness (QED) is 0.504.